The normalized spacial score (nSPS) is 11.1. The fourth-order valence-electron chi connectivity index (χ4n) is 1.81. The molecule has 0 radical (unpaired) electrons. The molecule has 5 heteroatoms. The number of hydrogen-bond donors (Lipinski definition) is 1. The quantitative estimate of drug-likeness (QED) is 0.504. The molecule has 110 valence electrons. The first-order valence-corrected chi connectivity index (χ1v) is 6.61. The van der Waals surface area contributed by atoms with E-state index in [9.17, 15) is 4.79 Å². The van der Waals surface area contributed by atoms with Gasteiger partial charge in [0.15, 0.2) is 5.96 Å². The molecule has 20 heavy (non-hydrogen) atoms. The Kier molecular flexibility index (Phi) is 6.56. The number of rotatable bonds is 5. The molecule has 0 unspecified atom stereocenters. The van der Waals surface area contributed by atoms with Gasteiger partial charge in [-0.15, -0.1) is 0 Å². The second kappa shape index (κ2) is 8.19. The Hall–Kier alpha value is -2.04. The zero-order chi connectivity index (χ0) is 15.0. The number of aryl methyl sites for hydroxylation is 1. The third-order valence-corrected chi connectivity index (χ3v) is 2.95. The van der Waals surface area contributed by atoms with Gasteiger partial charge in [-0.1, -0.05) is 29.8 Å². The third kappa shape index (κ3) is 5.30. The standard InChI is InChI=1S/C15H23N3O2/c1-12-5-7-13(8-6-12)11-18(3)15(16-2)17-10-9-14(19)20-4/h5-8H,9-11H2,1-4H3,(H,16,17). The van der Waals surface area contributed by atoms with Crippen LogP contribution in [0.25, 0.3) is 0 Å². The maximum atomic E-state index is 11.1. The second-order valence-electron chi connectivity index (χ2n) is 4.64. The van der Waals surface area contributed by atoms with Crippen LogP contribution in [0, 0.1) is 6.92 Å². The molecule has 0 aliphatic rings. The molecule has 1 N–H and O–H groups in total. The van der Waals surface area contributed by atoms with Crippen LogP contribution >= 0.6 is 0 Å². The van der Waals surface area contributed by atoms with Gasteiger partial charge in [0, 0.05) is 27.2 Å². The summed E-state index contributed by atoms with van der Waals surface area (Å²) in [4.78, 5) is 17.3. The van der Waals surface area contributed by atoms with E-state index in [0.29, 0.717) is 13.0 Å². The maximum Gasteiger partial charge on any atom is 0.307 e. The van der Waals surface area contributed by atoms with Gasteiger partial charge in [-0.2, -0.15) is 0 Å². The molecule has 1 aromatic carbocycles. The number of carbonyl (C=O) groups is 1. The largest absolute Gasteiger partial charge is 0.469 e. The lowest BCUT2D eigenvalue weighted by Gasteiger charge is -2.22. The molecule has 0 heterocycles. The minimum Gasteiger partial charge on any atom is -0.469 e. The van der Waals surface area contributed by atoms with Crippen LogP contribution in [0.4, 0.5) is 0 Å². The van der Waals surface area contributed by atoms with Gasteiger partial charge in [0.25, 0.3) is 0 Å². The van der Waals surface area contributed by atoms with E-state index in [1.807, 2.05) is 11.9 Å². The summed E-state index contributed by atoms with van der Waals surface area (Å²) in [5.74, 6) is 0.531. The number of aliphatic imine (C=N–C) groups is 1. The Bertz CT molecular complexity index is 455. The van der Waals surface area contributed by atoms with E-state index in [1.54, 1.807) is 7.05 Å². The zero-order valence-electron chi connectivity index (χ0n) is 12.6. The summed E-state index contributed by atoms with van der Waals surface area (Å²) < 4.78 is 4.60. The summed E-state index contributed by atoms with van der Waals surface area (Å²) in [5.41, 5.74) is 2.46. The molecule has 0 atom stereocenters. The van der Waals surface area contributed by atoms with E-state index in [0.717, 1.165) is 12.5 Å². The lowest BCUT2D eigenvalue weighted by Crippen LogP contribution is -2.39. The summed E-state index contributed by atoms with van der Waals surface area (Å²) in [5, 5.41) is 3.14. The Morgan fingerprint density at radius 1 is 1.35 bits per heavy atom. The maximum absolute atomic E-state index is 11.1. The first-order chi connectivity index (χ1) is 9.56. The fraction of sp³-hybridized carbons (Fsp3) is 0.467. The first kappa shape index (κ1) is 16.0. The molecule has 0 aliphatic heterocycles. The molecular formula is C15H23N3O2. The van der Waals surface area contributed by atoms with Gasteiger partial charge >= 0.3 is 5.97 Å². The van der Waals surface area contributed by atoms with Crippen LogP contribution in [0.2, 0.25) is 0 Å². The van der Waals surface area contributed by atoms with E-state index in [4.69, 9.17) is 0 Å². The summed E-state index contributed by atoms with van der Waals surface area (Å²) in [6.07, 6.45) is 0.327. The van der Waals surface area contributed by atoms with Gasteiger partial charge < -0.3 is 15.0 Å². The molecule has 1 aromatic rings. The highest BCUT2D eigenvalue weighted by Crippen LogP contribution is 2.05. The van der Waals surface area contributed by atoms with Crippen LogP contribution in [0.3, 0.4) is 0 Å². The van der Waals surface area contributed by atoms with Gasteiger partial charge in [0.2, 0.25) is 0 Å². The monoisotopic (exact) mass is 277 g/mol. The van der Waals surface area contributed by atoms with Crippen molar-refractivity contribution in [2.45, 2.75) is 19.9 Å². The number of methoxy groups -OCH3 is 1. The van der Waals surface area contributed by atoms with Gasteiger partial charge in [0.1, 0.15) is 0 Å². The minimum atomic E-state index is -0.228. The second-order valence-corrected chi connectivity index (χ2v) is 4.64. The van der Waals surface area contributed by atoms with Gasteiger partial charge in [0.05, 0.1) is 13.5 Å². The predicted molar refractivity (Wildman–Crippen MR) is 80.6 cm³/mol. The molecule has 0 spiro atoms. The Balaban J connectivity index is 2.48. The average Bonchev–Trinajstić information content (AvgIpc) is 2.45. The number of nitrogens with zero attached hydrogens (tertiary/aromatic N) is 2. The molecule has 0 amide bonds. The van der Waals surface area contributed by atoms with Crippen molar-refractivity contribution in [1.29, 1.82) is 0 Å². The zero-order valence-corrected chi connectivity index (χ0v) is 12.6. The highest BCUT2D eigenvalue weighted by molar-refractivity contribution is 5.80. The summed E-state index contributed by atoms with van der Waals surface area (Å²) >= 11 is 0. The average molecular weight is 277 g/mol. The number of benzene rings is 1. The number of carbonyl (C=O) groups excluding carboxylic acids is 1. The van der Waals surface area contributed by atoms with Crippen molar-refractivity contribution in [3.63, 3.8) is 0 Å². The minimum absolute atomic E-state index is 0.228. The Labute approximate surface area is 120 Å². The third-order valence-electron chi connectivity index (χ3n) is 2.95. The van der Waals surface area contributed by atoms with Crippen molar-refractivity contribution in [3.8, 4) is 0 Å². The van der Waals surface area contributed by atoms with Crippen LogP contribution in [0.1, 0.15) is 17.5 Å². The van der Waals surface area contributed by atoms with Crippen LogP contribution in [-0.2, 0) is 16.1 Å². The van der Waals surface area contributed by atoms with Gasteiger partial charge in [-0.3, -0.25) is 9.79 Å². The molecule has 0 bridgehead atoms. The molecule has 0 fully saturated rings. The SMILES string of the molecule is CN=C(NCCC(=O)OC)N(C)Cc1ccc(C)cc1. The lowest BCUT2D eigenvalue weighted by molar-refractivity contribution is -0.140. The number of hydrogen-bond acceptors (Lipinski definition) is 3. The van der Waals surface area contributed by atoms with E-state index < -0.39 is 0 Å². The van der Waals surface area contributed by atoms with Crippen molar-refractivity contribution in [3.05, 3.63) is 35.4 Å². The summed E-state index contributed by atoms with van der Waals surface area (Å²) in [6, 6.07) is 8.40. The number of guanidine groups is 1. The van der Waals surface area contributed by atoms with Crippen LogP contribution < -0.4 is 5.32 Å². The van der Waals surface area contributed by atoms with Crippen molar-refractivity contribution in [2.24, 2.45) is 4.99 Å². The number of ether oxygens (including phenoxy) is 1. The molecule has 0 aliphatic carbocycles. The molecule has 0 saturated heterocycles. The molecule has 5 nitrogen and oxygen atoms in total. The molecular weight excluding hydrogens is 254 g/mol. The Morgan fingerprint density at radius 2 is 2.00 bits per heavy atom. The molecule has 0 aromatic heterocycles. The highest BCUT2D eigenvalue weighted by Gasteiger charge is 2.07. The van der Waals surface area contributed by atoms with Crippen molar-refractivity contribution in [1.82, 2.24) is 10.2 Å². The highest BCUT2D eigenvalue weighted by atomic mass is 16.5. The lowest BCUT2D eigenvalue weighted by atomic mass is 10.1. The van der Waals surface area contributed by atoms with Crippen molar-refractivity contribution < 1.29 is 9.53 Å². The van der Waals surface area contributed by atoms with E-state index >= 15 is 0 Å². The van der Waals surface area contributed by atoms with Crippen molar-refractivity contribution >= 4 is 11.9 Å². The summed E-state index contributed by atoms with van der Waals surface area (Å²) in [7, 11) is 5.08. The number of esters is 1. The van der Waals surface area contributed by atoms with Gasteiger partial charge in [-0.25, -0.2) is 0 Å². The van der Waals surface area contributed by atoms with Crippen LogP contribution in [-0.4, -0.2) is 44.6 Å². The first-order valence-electron chi connectivity index (χ1n) is 6.61. The van der Waals surface area contributed by atoms with Crippen LogP contribution in [0.5, 0.6) is 0 Å². The van der Waals surface area contributed by atoms with Gasteiger partial charge in [-0.05, 0) is 12.5 Å². The topological polar surface area (TPSA) is 53.9 Å². The van der Waals surface area contributed by atoms with Crippen LogP contribution in [0.15, 0.2) is 29.3 Å². The van der Waals surface area contributed by atoms with E-state index in [2.05, 4.69) is 46.2 Å². The Morgan fingerprint density at radius 3 is 2.55 bits per heavy atom. The van der Waals surface area contributed by atoms with E-state index in [1.165, 1.54) is 18.2 Å². The molecule has 1 rings (SSSR count). The number of nitrogens with one attached hydrogen (secondary N) is 1. The van der Waals surface area contributed by atoms with E-state index in [-0.39, 0.29) is 5.97 Å². The van der Waals surface area contributed by atoms with Crippen molar-refractivity contribution in [2.75, 3.05) is 27.7 Å². The summed E-state index contributed by atoms with van der Waals surface area (Å²) in [6.45, 7) is 3.34. The molecule has 0 saturated carbocycles. The predicted octanol–water partition coefficient (Wildman–Crippen LogP) is 1.57. The fourth-order valence-corrected chi connectivity index (χ4v) is 1.81. The smallest absolute Gasteiger partial charge is 0.307 e.